The van der Waals surface area contributed by atoms with E-state index in [0.717, 1.165) is 23.2 Å². The summed E-state index contributed by atoms with van der Waals surface area (Å²) in [7, 11) is 2.08. The summed E-state index contributed by atoms with van der Waals surface area (Å²) in [5.41, 5.74) is 1.26. The van der Waals surface area contributed by atoms with E-state index in [-0.39, 0.29) is 0 Å². The van der Waals surface area contributed by atoms with Crippen LogP contribution in [0.3, 0.4) is 0 Å². The van der Waals surface area contributed by atoms with Crippen molar-refractivity contribution < 1.29 is 0 Å². The molecule has 2 aromatic heterocycles. The molecule has 3 unspecified atom stereocenters. The Bertz CT molecular complexity index is 473. The van der Waals surface area contributed by atoms with Gasteiger partial charge >= 0.3 is 0 Å². The van der Waals surface area contributed by atoms with E-state index in [4.69, 9.17) is 0 Å². The van der Waals surface area contributed by atoms with Gasteiger partial charge in [0.2, 0.25) is 0 Å². The number of hydrogen-bond donors (Lipinski definition) is 1. The van der Waals surface area contributed by atoms with E-state index in [9.17, 15) is 0 Å². The van der Waals surface area contributed by atoms with Crippen LogP contribution in [0.15, 0.2) is 17.8 Å². The number of hydrogen-bond acceptors (Lipinski definition) is 3. The van der Waals surface area contributed by atoms with E-state index >= 15 is 0 Å². The molecule has 0 radical (unpaired) electrons. The summed E-state index contributed by atoms with van der Waals surface area (Å²) < 4.78 is 2.13. The number of nitrogens with zero attached hydrogens (tertiary/aromatic N) is 2. The quantitative estimate of drug-likeness (QED) is 0.906. The molecule has 1 saturated carbocycles. The minimum absolute atomic E-state index is 0.698. The standard InChI is InChI=1S/C13H19N3S/c1-9-10(3-4-12(9)14-2)7-11-8-16-5-6-17-13(16)15-11/h5-6,8-10,12,14H,3-4,7H2,1-2H3. The second kappa shape index (κ2) is 4.42. The third-order valence-electron chi connectivity index (χ3n) is 4.21. The van der Waals surface area contributed by atoms with Crippen LogP contribution in [0.2, 0.25) is 0 Å². The van der Waals surface area contributed by atoms with Crippen molar-refractivity contribution in [3.05, 3.63) is 23.5 Å². The molecular formula is C13H19N3S. The number of fused-ring (bicyclic) bond motifs is 1. The van der Waals surface area contributed by atoms with E-state index in [1.54, 1.807) is 11.3 Å². The first-order valence-electron chi connectivity index (χ1n) is 6.36. The largest absolute Gasteiger partial charge is 0.317 e. The fraction of sp³-hybridized carbons (Fsp3) is 0.615. The predicted molar refractivity (Wildman–Crippen MR) is 71.5 cm³/mol. The maximum absolute atomic E-state index is 4.68. The molecule has 3 rings (SSSR count). The van der Waals surface area contributed by atoms with E-state index in [1.807, 2.05) is 0 Å². The Morgan fingerprint density at radius 1 is 1.53 bits per heavy atom. The third-order valence-corrected chi connectivity index (χ3v) is 4.98. The lowest BCUT2D eigenvalue weighted by Gasteiger charge is -2.19. The Morgan fingerprint density at radius 3 is 3.12 bits per heavy atom. The Hall–Kier alpha value is -0.870. The normalized spacial score (nSPS) is 29.2. The highest BCUT2D eigenvalue weighted by Gasteiger charge is 2.32. The zero-order valence-electron chi connectivity index (χ0n) is 10.4. The summed E-state index contributed by atoms with van der Waals surface area (Å²) >= 11 is 1.71. The molecule has 0 aliphatic heterocycles. The molecule has 1 aliphatic carbocycles. The summed E-state index contributed by atoms with van der Waals surface area (Å²) in [6.07, 6.45) is 8.05. The van der Waals surface area contributed by atoms with Crippen LogP contribution in [0.25, 0.3) is 4.96 Å². The predicted octanol–water partition coefficient (Wildman–Crippen LogP) is 2.57. The minimum atomic E-state index is 0.698. The van der Waals surface area contributed by atoms with Crippen LogP contribution >= 0.6 is 11.3 Å². The van der Waals surface area contributed by atoms with Crippen molar-refractivity contribution in [2.75, 3.05) is 7.05 Å². The van der Waals surface area contributed by atoms with Gasteiger partial charge in [-0.25, -0.2) is 4.98 Å². The highest BCUT2D eigenvalue weighted by Crippen LogP contribution is 2.34. The summed E-state index contributed by atoms with van der Waals surface area (Å²) in [6, 6.07) is 0.698. The summed E-state index contributed by atoms with van der Waals surface area (Å²) in [6.45, 7) is 2.37. The van der Waals surface area contributed by atoms with E-state index in [2.05, 4.69) is 46.4 Å². The van der Waals surface area contributed by atoms with Gasteiger partial charge in [0.05, 0.1) is 5.69 Å². The molecular weight excluding hydrogens is 230 g/mol. The molecule has 0 saturated heterocycles. The van der Waals surface area contributed by atoms with Gasteiger partial charge in [-0.15, -0.1) is 11.3 Å². The average Bonchev–Trinajstić information content (AvgIpc) is 2.95. The molecule has 1 aliphatic rings. The van der Waals surface area contributed by atoms with Crippen LogP contribution in [0.5, 0.6) is 0 Å². The monoisotopic (exact) mass is 249 g/mol. The van der Waals surface area contributed by atoms with Gasteiger partial charge in [-0.1, -0.05) is 6.92 Å². The van der Waals surface area contributed by atoms with Crippen molar-refractivity contribution in [2.24, 2.45) is 11.8 Å². The second-order valence-corrected chi connectivity index (χ2v) is 5.99. The molecule has 1 N–H and O–H groups in total. The van der Waals surface area contributed by atoms with Crippen molar-refractivity contribution in [3.8, 4) is 0 Å². The van der Waals surface area contributed by atoms with E-state index in [0.29, 0.717) is 6.04 Å². The van der Waals surface area contributed by atoms with Crippen LogP contribution in [0, 0.1) is 11.8 Å². The van der Waals surface area contributed by atoms with Gasteiger partial charge in [0.1, 0.15) is 0 Å². The van der Waals surface area contributed by atoms with Crippen molar-refractivity contribution in [1.29, 1.82) is 0 Å². The first-order chi connectivity index (χ1) is 8.28. The Morgan fingerprint density at radius 2 is 2.41 bits per heavy atom. The fourth-order valence-electron chi connectivity index (χ4n) is 3.09. The molecule has 1 fully saturated rings. The van der Waals surface area contributed by atoms with Crippen molar-refractivity contribution in [3.63, 3.8) is 0 Å². The summed E-state index contributed by atoms with van der Waals surface area (Å²) in [5.74, 6) is 1.55. The second-order valence-electron chi connectivity index (χ2n) is 5.12. The smallest absolute Gasteiger partial charge is 0.193 e. The Labute approximate surface area is 106 Å². The molecule has 0 spiro atoms. The summed E-state index contributed by atoms with van der Waals surface area (Å²) in [4.78, 5) is 5.80. The highest BCUT2D eigenvalue weighted by atomic mass is 32.1. The van der Waals surface area contributed by atoms with Gasteiger partial charge in [-0.05, 0) is 38.1 Å². The molecule has 3 atom stereocenters. The molecule has 0 aromatic carbocycles. The lowest BCUT2D eigenvalue weighted by Crippen LogP contribution is -2.29. The molecule has 92 valence electrons. The van der Waals surface area contributed by atoms with Crippen molar-refractivity contribution in [1.82, 2.24) is 14.7 Å². The number of rotatable bonds is 3. The van der Waals surface area contributed by atoms with Crippen LogP contribution in [0.4, 0.5) is 0 Å². The Balaban J connectivity index is 1.73. The molecule has 2 aromatic rings. The maximum Gasteiger partial charge on any atom is 0.193 e. The molecule has 2 heterocycles. The molecule has 0 bridgehead atoms. The van der Waals surface area contributed by atoms with Gasteiger partial charge in [-0.2, -0.15) is 0 Å². The van der Waals surface area contributed by atoms with Crippen LogP contribution in [-0.2, 0) is 6.42 Å². The zero-order chi connectivity index (χ0) is 11.8. The number of nitrogens with one attached hydrogen (secondary N) is 1. The lowest BCUT2D eigenvalue weighted by molar-refractivity contribution is 0.362. The van der Waals surface area contributed by atoms with Gasteiger partial charge in [0.15, 0.2) is 4.96 Å². The molecule has 4 heteroatoms. The number of thiazole rings is 1. The van der Waals surface area contributed by atoms with Gasteiger partial charge in [-0.3, -0.25) is 4.40 Å². The van der Waals surface area contributed by atoms with Crippen molar-refractivity contribution in [2.45, 2.75) is 32.2 Å². The van der Waals surface area contributed by atoms with Gasteiger partial charge in [0.25, 0.3) is 0 Å². The van der Waals surface area contributed by atoms with Crippen LogP contribution in [-0.4, -0.2) is 22.5 Å². The van der Waals surface area contributed by atoms with Crippen LogP contribution < -0.4 is 5.32 Å². The summed E-state index contributed by atoms with van der Waals surface area (Å²) in [5, 5.41) is 5.51. The fourth-order valence-corrected chi connectivity index (χ4v) is 3.81. The number of aromatic nitrogens is 2. The highest BCUT2D eigenvalue weighted by molar-refractivity contribution is 7.15. The minimum Gasteiger partial charge on any atom is -0.317 e. The molecule has 0 amide bonds. The first kappa shape index (κ1) is 11.2. The zero-order valence-corrected chi connectivity index (χ0v) is 11.2. The van der Waals surface area contributed by atoms with Gasteiger partial charge < -0.3 is 5.32 Å². The lowest BCUT2D eigenvalue weighted by atomic mass is 9.92. The SMILES string of the molecule is CNC1CCC(Cc2cn3ccsc3n2)C1C. The molecule has 3 nitrogen and oxygen atoms in total. The van der Waals surface area contributed by atoms with Gasteiger partial charge in [0, 0.05) is 23.8 Å². The maximum atomic E-state index is 4.68. The Kier molecular flexibility index (Phi) is 2.92. The van der Waals surface area contributed by atoms with E-state index < -0.39 is 0 Å². The van der Waals surface area contributed by atoms with E-state index in [1.165, 1.54) is 18.5 Å². The first-order valence-corrected chi connectivity index (χ1v) is 7.24. The van der Waals surface area contributed by atoms with Crippen LogP contribution in [0.1, 0.15) is 25.5 Å². The topological polar surface area (TPSA) is 29.3 Å². The molecule has 17 heavy (non-hydrogen) atoms. The number of imidazole rings is 1. The average molecular weight is 249 g/mol. The van der Waals surface area contributed by atoms with Crippen molar-refractivity contribution >= 4 is 16.3 Å². The third kappa shape index (κ3) is 2.00.